The van der Waals surface area contributed by atoms with E-state index in [4.69, 9.17) is 0 Å². The van der Waals surface area contributed by atoms with Gasteiger partial charge in [-0.25, -0.2) is 4.39 Å². The molecule has 1 aliphatic rings. The summed E-state index contributed by atoms with van der Waals surface area (Å²) in [6.45, 7) is 2.98. The number of nitrogens with zero attached hydrogens (tertiary/aromatic N) is 2. The number of carbonyl (C=O) groups is 2. The van der Waals surface area contributed by atoms with Gasteiger partial charge in [0.25, 0.3) is 5.91 Å². The summed E-state index contributed by atoms with van der Waals surface area (Å²) in [5.74, 6) is -0.652. The Bertz CT molecular complexity index is 1330. The Hall–Kier alpha value is -3.45. The Morgan fingerprint density at radius 3 is 2.62 bits per heavy atom. The van der Waals surface area contributed by atoms with E-state index in [0.717, 1.165) is 28.6 Å². The molecule has 5 rings (SSSR count). The zero-order valence-corrected chi connectivity index (χ0v) is 19.8. The SMILES string of the molecule is CC1(C(=O)NCc2ccc(F)cc2)Cn2c(cc3ccsc32)C(=O)N1CCCc1ccccc1. The van der Waals surface area contributed by atoms with E-state index >= 15 is 0 Å². The van der Waals surface area contributed by atoms with E-state index in [1.807, 2.05) is 47.2 Å². The highest BCUT2D eigenvalue weighted by Gasteiger charge is 2.47. The molecule has 7 heteroatoms. The molecule has 1 unspecified atom stereocenters. The maximum atomic E-state index is 13.6. The van der Waals surface area contributed by atoms with Crippen LogP contribution < -0.4 is 5.32 Å². The first kappa shape index (κ1) is 22.3. The average Bonchev–Trinajstić information content (AvgIpc) is 3.44. The second kappa shape index (κ2) is 9.06. The van der Waals surface area contributed by atoms with Gasteiger partial charge in [-0.3, -0.25) is 9.59 Å². The summed E-state index contributed by atoms with van der Waals surface area (Å²) < 4.78 is 15.2. The van der Waals surface area contributed by atoms with Crippen LogP contribution in [0.1, 0.15) is 35.0 Å². The minimum Gasteiger partial charge on any atom is -0.350 e. The number of benzene rings is 2. The van der Waals surface area contributed by atoms with Crippen molar-refractivity contribution >= 4 is 33.4 Å². The highest BCUT2D eigenvalue weighted by Crippen LogP contribution is 2.34. The van der Waals surface area contributed by atoms with Crippen molar-refractivity contribution < 1.29 is 14.0 Å². The van der Waals surface area contributed by atoms with E-state index in [-0.39, 0.29) is 24.2 Å². The maximum Gasteiger partial charge on any atom is 0.271 e. The number of aromatic nitrogens is 1. The number of hydrogen-bond acceptors (Lipinski definition) is 3. The predicted molar refractivity (Wildman–Crippen MR) is 132 cm³/mol. The fraction of sp³-hybridized carbons (Fsp3) is 0.259. The zero-order chi connectivity index (χ0) is 23.7. The molecule has 1 N–H and O–H groups in total. The van der Waals surface area contributed by atoms with Gasteiger partial charge in [-0.15, -0.1) is 11.3 Å². The van der Waals surface area contributed by atoms with Gasteiger partial charge in [0.15, 0.2) is 0 Å². The molecule has 3 heterocycles. The number of aryl methyl sites for hydroxylation is 1. The third-order valence-corrected chi connectivity index (χ3v) is 7.53. The molecule has 2 amide bonds. The molecule has 0 saturated carbocycles. The monoisotopic (exact) mass is 475 g/mol. The highest BCUT2D eigenvalue weighted by molar-refractivity contribution is 7.16. The van der Waals surface area contributed by atoms with Gasteiger partial charge in [-0.2, -0.15) is 0 Å². The molecule has 0 spiro atoms. The van der Waals surface area contributed by atoms with Crippen molar-refractivity contribution in [2.45, 2.75) is 38.4 Å². The van der Waals surface area contributed by atoms with Crippen molar-refractivity contribution in [3.63, 3.8) is 0 Å². The Morgan fingerprint density at radius 1 is 1.09 bits per heavy atom. The lowest BCUT2D eigenvalue weighted by atomic mass is 9.94. The summed E-state index contributed by atoms with van der Waals surface area (Å²) in [6, 6.07) is 20.1. The molecule has 4 aromatic rings. The maximum absolute atomic E-state index is 13.6. The normalized spacial score (nSPS) is 17.7. The van der Waals surface area contributed by atoms with Gasteiger partial charge in [0.2, 0.25) is 5.91 Å². The summed E-state index contributed by atoms with van der Waals surface area (Å²) >= 11 is 1.58. The Morgan fingerprint density at radius 2 is 1.85 bits per heavy atom. The lowest BCUT2D eigenvalue weighted by Gasteiger charge is -2.44. The summed E-state index contributed by atoms with van der Waals surface area (Å²) in [5.41, 5.74) is 1.60. The largest absolute Gasteiger partial charge is 0.350 e. The molecule has 174 valence electrons. The molecule has 2 aromatic carbocycles. The molecule has 2 aromatic heterocycles. The van der Waals surface area contributed by atoms with E-state index in [1.54, 1.807) is 28.4 Å². The van der Waals surface area contributed by atoms with E-state index in [1.165, 1.54) is 17.7 Å². The fourth-order valence-corrected chi connectivity index (χ4v) is 5.57. The summed E-state index contributed by atoms with van der Waals surface area (Å²) in [4.78, 5) is 29.9. The van der Waals surface area contributed by atoms with Crippen molar-refractivity contribution in [3.8, 4) is 0 Å². The molecule has 0 bridgehead atoms. The van der Waals surface area contributed by atoms with Crippen LogP contribution in [0.2, 0.25) is 0 Å². The van der Waals surface area contributed by atoms with Crippen LogP contribution in [-0.2, 0) is 24.3 Å². The molecular weight excluding hydrogens is 449 g/mol. The fourth-order valence-electron chi connectivity index (χ4n) is 4.67. The van der Waals surface area contributed by atoms with Crippen LogP contribution in [-0.4, -0.2) is 33.4 Å². The Kier molecular flexibility index (Phi) is 5.96. The smallest absolute Gasteiger partial charge is 0.271 e. The Labute approximate surface area is 201 Å². The van der Waals surface area contributed by atoms with E-state index < -0.39 is 5.54 Å². The molecule has 5 nitrogen and oxygen atoms in total. The van der Waals surface area contributed by atoms with Crippen LogP contribution in [0.15, 0.2) is 72.1 Å². The topological polar surface area (TPSA) is 54.3 Å². The van der Waals surface area contributed by atoms with Crippen LogP contribution in [0.3, 0.4) is 0 Å². The molecule has 0 saturated heterocycles. The minimum atomic E-state index is -1.04. The molecular formula is C27H26FN3O2S. The van der Waals surface area contributed by atoms with Gasteiger partial charge in [-0.1, -0.05) is 42.5 Å². The van der Waals surface area contributed by atoms with E-state index in [2.05, 4.69) is 17.4 Å². The van der Waals surface area contributed by atoms with Crippen molar-refractivity contribution in [1.29, 1.82) is 0 Å². The van der Waals surface area contributed by atoms with Crippen LogP contribution in [0.4, 0.5) is 4.39 Å². The number of nitrogens with one attached hydrogen (secondary N) is 1. The van der Waals surface area contributed by atoms with Crippen molar-refractivity contribution in [3.05, 3.63) is 94.7 Å². The third-order valence-electron chi connectivity index (χ3n) is 6.57. The second-order valence-electron chi connectivity index (χ2n) is 8.93. The summed E-state index contributed by atoms with van der Waals surface area (Å²) in [7, 11) is 0. The van der Waals surface area contributed by atoms with Gasteiger partial charge in [0, 0.05) is 18.5 Å². The predicted octanol–water partition coefficient (Wildman–Crippen LogP) is 5.01. The molecule has 34 heavy (non-hydrogen) atoms. The average molecular weight is 476 g/mol. The van der Waals surface area contributed by atoms with Gasteiger partial charge in [0.05, 0.1) is 6.54 Å². The number of halogens is 1. The summed E-state index contributed by atoms with van der Waals surface area (Å²) in [5, 5.41) is 6.01. The molecule has 0 radical (unpaired) electrons. The standard InChI is InChI=1S/C27H26FN3O2S/c1-27(26(33)29-17-20-9-11-22(28)12-10-20)18-30-23(16-21-13-15-34-25(21)30)24(32)31(27)14-5-8-19-6-3-2-4-7-19/h2-4,6-7,9-13,15-16H,5,8,14,17-18H2,1H3,(H,29,33). The first-order valence-electron chi connectivity index (χ1n) is 11.4. The van der Waals surface area contributed by atoms with Gasteiger partial charge in [-0.05, 0) is 60.5 Å². The summed E-state index contributed by atoms with van der Waals surface area (Å²) in [6.07, 6.45) is 1.58. The van der Waals surface area contributed by atoms with Crippen LogP contribution in [0, 0.1) is 5.82 Å². The van der Waals surface area contributed by atoms with Crippen molar-refractivity contribution in [1.82, 2.24) is 14.8 Å². The van der Waals surface area contributed by atoms with E-state index in [0.29, 0.717) is 18.8 Å². The van der Waals surface area contributed by atoms with Crippen LogP contribution in [0.5, 0.6) is 0 Å². The number of fused-ring (bicyclic) bond motifs is 3. The molecule has 0 fully saturated rings. The van der Waals surface area contributed by atoms with Gasteiger partial charge >= 0.3 is 0 Å². The molecule has 1 aliphatic heterocycles. The van der Waals surface area contributed by atoms with E-state index in [9.17, 15) is 14.0 Å². The number of thiophene rings is 1. The second-order valence-corrected chi connectivity index (χ2v) is 9.82. The van der Waals surface area contributed by atoms with Crippen molar-refractivity contribution in [2.24, 2.45) is 0 Å². The first-order chi connectivity index (χ1) is 16.5. The van der Waals surface area contributed by atoms with Crippen LogP contribution >= 0.6 is 11.3 Å². The van der Waals surface area contributed by atoms with Crippen molar-refractivity contribution in [2.75, 3.05) is 6.54 Å². The number of amides is 2. The third kappa shape index (κ3) is 4.12. The number of hydrogen-bond donors (Lipinski definition) is 1. The molecule has 0 aliphatic carbocycles. The van der Waals surface area contributed by atoms with Crippen LogP contribution in [0.25, 0.3) is 10.2 Å². The Balaban J connectivity index is 1.40. The number of rotatable bonds is 7. The minimum absolute atomic E-state index is 0.123. The number of carbonyl (C=O) groups excluding carboxylic acids is 2. The highest BCUT2D eigenvalue weighted by atomic mass is 32.1. The lowest BCUT2D eigenvalue weighted by molar-refractivity contribution is -0.133. The zero-order valence-electron chi connectivity index (χ0n) is 19.0. The first-order valence-corrected chi connectivity index (χ1v) is 12.3. The molecule has 1 atom stereocenters. The quantitative estimate of drug-likeness (QED) is 0.409. The van der Waals surface area contributed by atoms with Gasteiger partial charge in [0.1, 0.15) is 21.9 Å². The lowest BCUT2D eigenvalue weighted by Crippen LogP contribution is -2.64. The van der Waals surface area contributed by atoms with Gasteiger partial charge < -0.3 is 14.8 Å².